The Labute approximate surface area is 162 Å². The van der Waals surface area contributed by atoms with Gasteiger partial charge in [0.15, 0.2) is 0 Å². The summed E-state index contributed by atoms with van der Waals surface area (Å²) < 4.78 is 29.3. The zero-order chi connectivity index (χ0) is 19.4. The highest BCUT2D eigenvalue weighted by molar-refractivity contribution is 7.89. The molecule has 1 fully saturated rings. The monoisotopic (exact) mass is 390 g/mol. The maximum absolute atomic E-state index is 12.9. The summed E-state index contributed by atoms with van der Waals surface area (Å²) in [5.41, 5.74) is 3.57. The molecule has 2 aromatic rings. The molecule has 0 saturated carbocycles. The summed E-state index contributed by atoms with van der Waals surface area (Å²) in [5.74, 6) is 0. The molecule has 0 unspecified atom stereocenters. The summed E-state index contributed by atoms with van der Waals surface area (Å²) >= 11 is 0. The van der Waals surface area contributed by atoms with Crippen molar-refractivity contribution in [2.75, 3.05) is 26.2 Å². The number of unbranched alkanes of at least 4 members (excludes halogenated alkanes) is 1. The molecule has 0 radical (unpaired) electrons. The van der Waals surface area contributed by atoms with Crippen LogP contribution in [0.3, 0.4) is 0 Å². The fraction of sp³-hybridized carbons (Fsp3) is 0.550. The Morgan fingerprint density at radius 1 is 1.07 bits per heavy atom. The van der Waals surface area contributed by atoms with E-state index in [2.05, 4.69) is 23.8 Å². The van der Waals surface area contributed by atoms with E-state index in [4.69, 9.17) is 0 Å². The molecule has 0 aliphatic carbocycles. The number of nitrogens with zero attached hydrogens (tertiary/aromatic N) is 4. The third kappa shape index (κ3) is 4.59. The lowest BCUT2D eigenvalue weighted by atomic mass is 10.1. The number of sulfonamides is 1. The first-order valence-electron chi connectivity index (χ1n) is 9.70. The number of hydrogen-bond acceptors (Lipinski definition) is 4. The van der Waals surface area contributed by atoms with E-state index in [9.17, 15) is 8.42 Å². The molecule has 1 aromatic heterocycles. The Balaban J connectivity index is 1.60. The van der Waals surface area contributed by atoms with E-state index in [0.29, 0.717) is 18.0 Å². The molecule has 27 heavy (non-hydrogen) atoms. The van der Waals surface area contributed by atoms with E-state index >= 15 is 0 Å². The van der Waals surface area contributed by atoms with E-state index in [1.165, 1.54) is 11.1 Å². The third-order valence-corrected chi connectivity index (χ3v) is 7.36. The lowest BCUT2D eigenvalue weighted by molar-refractivity contribution is 0.181. The van der Waals surface area contributed by atoms with Crippen molar-refractivity contribution in [2.24, 2.45) is 7.05 Å². The molecule has 3 rings (SSSR count). The first-order valence-corrected chi connectivity index (χ1v) is 11.1. The molecule has 0 spiro atoms. The number of hydrogen-bond donors (Lipinski definition) is 0. The van der Waals surface area contributed by atoms with Gasteiger partial charge in [0, 0.05) is 51.0 Å². The van der Waals surface area contributed by atoms with Crippen LogP contribution in [0.4, 0.5) is 0 Å². The van der Waals surface area contributed by atoms with Gasteiger partial charge in [-0.15, -0.1) is 0 Å². The van der Waals surface area contributed by atoms with Gasteiger partial charge in [-0.25, -0.2) is 8.42 Å². The minimum atomic E-state index is -3.41. The smallest absolute Gasteiger partial charge is 0.243 e. The summed E-state index contributed by atoms with van der Waals surface area (Å²) in [4.78, 5) is 2.70. The molecule has 0 bridgehead atoms. The second-order valence-corrected chi connectivity index (χ2v) is 9.24. The average molecular weight is 391 g/mol. The van der Waals surface area contributed by atoms with Crippen molar-refractivity contribution >= 4 is 10.0 Å². The van der Waals surface area contributed by atoms with Crippen LogP contribution in [0, 0.1) is 6.92 Å². The SMILES string of the molecule is CCCCc1ccc(S(=O)(=O)N2CCN(Cc3cnn(C)c3C)CC2)cc1. The van der Waals surface area contributed by atoms with Crippen LogP contribution in [0.2, 0.25) is 0 Å². The van der Waals surface area contributed by atoms with Gasteiger partial charge in [-0.2, -0.15) is 9.40 Å². The van der Waals surface area contributed by atoms with Gasteiger partial charge in [-0.1, -0.05) is 25.5 Å². The number of aromatic nitrogens is 2. The maximum atomic E-state index is 12.9. The van der Waals surface area contributed by atoms with Gasteiger partial charge in [0.2, 0.25) is 10.0 Å². The molecule has 0 atom stereocenters. The number of benzene rings is 1. The van der Waals surface area contributed by atoms with Gasteiger partial charge in [0.1, 0.15) is 0 Å². The molecule has 1 saturated heterocycles. The molecular weight excluding hydrogens is 360 g/mol. The first-order chi connectivity index (χ1) is 12.9. The highest BCUT2D eigenvalue weighted by atomic mass is 32.2. The van der Waals surface area contributed by atoms with Crippen LogP contribution in [0.1, 0.15) is 36.6 Å². The molecule has 1 aliphatic heterocycles. The lowest BCUT2D eigenvalue weighted by Crippen LogP contribution is -2.48. The van der Waals surface area contributed by atoms with Crippen molar-refractivity contribution in [1.29, 1.82) is 0 Å². The van der Waals surface area contributed by atoms with Crippen molar-refractivity contribution in [3.05, 3.63) is 47.3 Å². The maximum Gasteiger partial charge on any atom is 0.243 e. The fourth-order valence-electron chi connectivity index (χ4n) is 3.43. The van der Waals surface area contributed by atoms with Crippen LogP contribution in [0.5, 0.6) is 0 Å². The number of piperazine rings is 1. The van der Waals surface area contributed by atoms with E-state index in [1.54, 1.807) is 16.4 Å². The fourth-order valence-corrected chi connectivity index (χ4v) is 4.85. The second kappa shape index (κ2) is 8.54. The quantitative estimate of drug-likeness (QED) is 0.729. The van der Waals surface area contributed by atoms with Gasteiger partial charge >= 0.3 is 0 Å². The van der Waals surface area contributed by atoms with Crippen LogP contribution >= 0.6 is 0 Å². The Morgan fingerprint density at radius 3 is 2.30 bits per heavy atom. The molecule has 6 nitrogen and oxygen atoms in total. The summed E-state index contributed by atoms with van der Waals surface area (Å²) in [6, 6.07) is 7.41. The van der Waals surface area contributed by atoms with Crippen molar-refractivity contribution < 1.29 is 8.42 Å². The van der Waals surface area contributed by atoms with E-state index in [0.717, 1.165) is 44.6 Å². The lowest BCUT2D eigenvalue weighted by Gasteiger charge is -2.33. The Morgan fingerprint density at radius 2 is 1.74 bits per heavy atom. The molecule has 7 heteroatoms. The predicted molar refractivity (Wildman–Crippen MR) is 107 cm³/mol. The topological polar surface area (TPSA) is 58.4 Å². The third-order valence-electron chi connectivity index (χ3n) is 5.44. The minimum absolute atomic E-state index is 0.402. The standard InChI is InChI=1S/C20H30N4O2S/c1-4-5-6-18-7-9-20(10-8-18)27(25,26)24-13-11-23(12-14-24)16-19-15-21-22(3)17(19)2/h7-10,15H,4-6,11-14,16H2,1-3H3. The summed E-state index contributed by atoms with van der Waals surface area (Å²) in [7, 11) is -1.47. The Kier molecular flexibility index (Phi) is 6.34. The molecule has 2 heterocycles. The second-order valence-electron chi connectivity index (χ2n) is 7.31. The normalized spacial score (nSPS) is 16.7. The number of rotatable bonds is 7. The summed E-state index contributed by atoms with van der Waals surface area (Å²) in [6.07, 6.45) is 5.18. The van der Waals surface area contributed by atoms with Crippen molar-refractivity contribution in [3.63, 3.8) is 0 Å². The van der Waals surface area contributed by atoms with Gasteiger partial charge in [-0.3, -0.25) is 9.58 Å². The highest BCUT2D eigenvalue weighted by Gasteiger charge is 2.28. The molecule has 0 amide bonds. The van der Waals surface area contributed by atoms with Gasteiger partial charge in [-0.05, 0) is 37.5 Å². The summed E-state index contributed by atoms with van der Waals surface area (Å²) in [6.45, 7) is 7.57. The van der Waals surface area contributed by atoms with Gasteiger partial charge < -0.3 is 0 Å². The van der Waals surface area contributed by atoms with E-state index < -0.39 is 10.0 Å². The highest BCUT2D eigenvalue weighted by Crippen LogP contribution is 2.20. The van der Waals surface area contributed by atoms with Crippen LogP contribution < -0.4 is 0 Å². The zero-order valence-electron chi connectivity index (χ0n) is 16.6. The first kappa shape index (κ1) is 20.0. The minimum Gasteiger partial charge on any atom is -0.296 e. The van der Waals surface area contributed by atoms with Crippen LogP contribution in [-0.2, 0) is 30.0 Å². The van der Waals surface area contributed by atoms with Crippen LogP contribution in [0.25, 0.3) is 0 Å². The van der Waals surface area contributed by atoms with Crippen molar-refractivity contribution in [1.82, 2.24) is 19.0 Å². The Hall–Kier alpha value is -1.70. The van der Waals surface area contributed by atoms with Crippen molar-refractivity contribution in [2.45, 2.75) is 44.6 Å². The van der Waals surface area contributed by atoms with Crippen molar-refractivity contribution in [3.8, 4) is 0 Å². The molecule has 1 aromatic carbocycles. The van der Waals surface area contributed by atoms with Crippen LogP contribution in [0.15, 0.2) is 35.4 Å². The van der Waals surface area contributed by atoms with Gasteiger partial charge in [0.05, 0.1) is 11.1 Å². The average Bonchev–Trinajstić information content (AvgIpc) is 2.99. The molecular formula is C20H30N4O2S. The number of aryl methyl sites for hydroxylation is 2. The van der Waals surface area contributed by atoms with Gasteiger partial charge in [0.25, 0.3) is 0 Å². The van der Waals surface area contributed by atoms with Crippen LogP contribution in [-0.4, -0.2) is 53.6 Å². The predicted octanol–water partition coefficient (Wildman–Crippen LogP) is 2.58. The largest absolute Gasteiger partial charge is 0.296 e. The van der Waals surface area contributed by atoms with E-state index in [-0.39, 0.29) is 0 Å². The molecule has 0 N–H and O–H groups in total. The molecule has 148 valence electrons. The van der Waals surface area contributed by atoms with E-state index in [1.807, 2.05) is 30.1 Å². The molecule has 1 aliphatic rings. The Bertz CT molecular complexity index is 851. The summed E-state index contributed by atoms with van der Waals surface area (Å²) in [5, 5.41) is 4.28. The zero-order valence-corrected chi connectivity index (χ0v) is 17.4.